The maximum absolute atomic E-state index is 14.2. The highest BCUT2D eigenvalue weighted by Crippen LogP contribution is 2.62. The molecule has 0 bridgehead atoms. The van der Waals surface area contributed by atoms with Crippen LogP contribution in [0.5, 0.6) is 0 Å². The Hall–Kier alpha value is -1.28. The highest BCUT2D eigenvalue weighted by molar-refractivity contribution is 7.61. The van der Waals surface area contributed by atoms with E-state index in [-0.39, 0.29) is 22.0 Å². The van der Waals surface area contributed by atoms with Gasteiger partial charge in [0.2, 0.25) is 0 Å². The van der Waals surface area contributed by atoms with E-state index in [0.717, 1.165) is 37.0 Å². The van der Waals surface area contributed by atoms with Crippen LogP contribution >= 0.6 is 18.9 Å². The van der Waals surface area contributed by atoms with Crippen LogP contribution in [-0.2, 0) is 9.09 Å². The summed E-state index contributed by atoms with van der Waals surface area (Å²) in [7, 11) is -1.78. The molecule has 1 saturated carbocycles. The van der Waals surface area contributed by atoms with Crippen LogP contribution in [0.3, 0.4) is 0 Å². The van der Waals surface area contributed by atoms with E-state index >= 15 is 0 Å². The lowest BCUT2D eigenvalue weighted by atomic mass is 9.91. The first-order valence-corrected chi connectivity index (χ1v) is 12.7. The molecule has 0 saturated heterocycles. The Labute approximate surface area is 179 Å². The van der Waals surface area contributed by atoms with Crippen LogP contribution in [0.1, 0.15) is 81.8 Å². The highest BCUT2D eigenvalue weighted by atomic mass is 32.1. The average molecular weight is 440 g/mol. The Morgan fingerprint density at radius 1 is 1.31 bits per heavy atom. The van der Waals surface area contributed by atoms with Crippen molar-refractivity contribution in [2.24, 2.45) is 11.3 Å². The van der Waals surface area contributed by atoms with Crippen LogP contribution in [0.15, 0.2) is 6.07 Å². The lowest BCUT2D eigenvalue weighted by Gasteiger charge is -2.41. The lowest BCUT2D eigenvalue weighted by molar-refractivity contribution is 0.0703. The zero-order chi connectivity index (χ0) is 22.0. The van der Waals surface area contributed by atoms with Crippen molar-refractivity contribution in [1.82, 2.24) is 0 Å². The van der Waals surface area contributed by atoms with E-state index in [4.69, 9.17) is 4.52 Å². The number of rotatable bonds is 6. The number of hydrogen-bond acceptors (Lipinski definition) is 4. The van der Waals surface area contributed by atoms with Crippen LogP contribution in [0.25, 0.3) is 0 Å². The third-order valence-corrected chi connectivity index (χ3v) is 9.48. The minimum atomic E-state index is -3.27. The Morgan fingerprint density at radius 3 is 2.34 bits per heavy atom. The van der Waals surface area contributed by atoms with Crippen LogP contribution < -0.4 is 4.67 Å². The third kappa shape index (κ3) is 5.66. The molecule has 1 fully saturated rings. The summed E-state index contributed by atoms with van der Waals surface area (Å²) in [6, 6.07) is 1.60. The molecule has 7 heteroatoms. The Morgan fingerprint density at radius 2 is 1.90 bits per heavy atom. The van der Waals surface area contributed by atoms with Gasteiger partial charge in [0.25, 0.3) is 7.52 Å². The van der Waals surface area contributed by atoms with Gasteiger partial charge in [0.15, 0.2) is 0 Å². The molecule has 1 heterocycles. The van der Waals surface area contributed by atoms with Gasteiger partial charge in [0.1, 0.15) is 4.88 Å². The molecule has 1 aromatic rings. The maximum Gasteiger partial charge on any atom is 0.348 e. The van der Waals surface area contributed by atoms with E-state index in [0.29, 0.717) is 16.5 Å². The fraction of sp³-hybridized carbons (Fsp3) is 0.682. The number of carboxylic acid groups (broad SMARTS) is 1. The summed E-state index contributed by atoms with van der Waals surface area (Å²) in [5.74, 6) is 5.85. The Bertz CT molecular complexity index is 835. The molecular formula is C22H34NO4PS. The fourth-order valence-corrected chi connectivity index (χ4v) is 7.54. The van der Waals surface area contributed by atoms with Crippen molar-refractivity contribution in [3.05, 3.63) is 15.8 Å². The number of aromatic carboxylic acids is 1. The van der Waals surface area contributed by atoms with Crippen molar-refractivity contribution in [2.45, 2.75) is 78.9 Å². The molecule has 29 heavy (non-hydrogen) atoms. The van der Waals surface area contributed by atoms with Gasteiger partial charge in [0.05, 0.1) is 16.2 Å². The Balaban J connectivity index is 2.55. The molecular weight excluding hydrogens is 405 g/mol. The number of thiophene rings is 1. The fourth-order valence-electron chi connectivity index (χ4n) is 3.75. The van der Waals surface area contributed by atoms with E-state index in [2.05, 4.69) is 18.8 Å². The van der Waals surface area contributed by atoms with Crippen molar-refractivity contribution in [2.75, 3.05) is 11.8 Å². The van der Waals surface area contributed by atoms with Crippen LogP contribution in [0.4, 0.5) is 5.69 Å². The van der Waals surface area contributed by atoms with E-state index in [1.54, 1.807) is 10.7 Å². The van der Waals surface area contributed by atoms with E-state index in [9.17, 15) is 14.5 Å². The quantitative estimate of drug-likeness (QED) is 0.406. The third-order valence-electron chi connectivity index (χ3n) is 5.21. The average Bonchev–Trinajstić information content (AvgIpc) is 3.03. The minimum Gasteiger partial charge on any atom is -0.477 e. The summed E-state index contributed by atoms with van der Waals surface area (Å²) in [6.45, 7) is 12.1. The molecule has 1 aliphatic rings. The van der Waals surface area contributed by atoms with Gasteiger partial charge in [-0.1, -0.05) is 18.8 Å². The standard InChI is InChI=1S/C22H34NO4PS/c1-15(2)23(28(26,27-7)17-10-8-16(3)9-11-17)19-14-18(12-13-22(4,5)6)29-20(19)21(24)25/h14-17H,8-11H2,1-7H3,(H,24,25). The molecule has 0 radical (unpaired) electrons. The molecule has 0 spiro atoms. The predicted octanol–water partition coefficient (Wildman–Crippen LogP) is 6.48. The van der Waals surface area contributed by atoms with E-state index < -0.39 is 13.5 Å². The number of anilines is 1. The van der Waals surface area contributed by atoms with Gasteiger partial charge in [-0.15, -0.1) is 11.3 Å². The zero-order valence-corrected chi connectivity index (χ0v) is 20.3. The smallest absolute Gasteiger partial charge is 0.348 e. The normalized spacial score (nSPS) is 21.9. The largest absolute Gasteiger partial charge is 0.477 e. The molecule has 5 nitrogen and oxygen atoms in total. The molecule has 162 valence electrons. The van der Waals surface area contributed by atoms with Crippen molar-refractivity contribution in [3.63, 3.8) is 0 Å². The van der Waals surface area contributed by atoms with Crippen molar-refractivity contribution in [1.29, 1.82) is 0 Å². The van der Waals surface area contributed by atoms with Crippen LogP contribution in [0, 0.1) is 23.2 Å². The van der Waals surface area contributed by atoms with Gasteiger partial charge in [0, 0.05) is 18.6 Å². The SMILES string of the molecule is COP(=O)(C1CCC(C)CC1)N(c1cc(C#CC(C)(C)C)sc1C(=O)O)C(C)C. The van der Waals surface area contributed by atoms with Crippen LogP contribution in [0.2, 0.25) is 0 Å². The summed E-state index contributed by atoms with van der Waals surface area (Å²) in [5.41, 5.74) is 0.183. The van der Waals surface area contributed by atoms with Gasteiger partial charge >= 0.3 is 5.97 Å². The van der Waals surface area contributed by atoms with Gasteiger partial charge in [-0.05, 0) is 72.3 Å². The van der Waals surface area contributed by atoms with Gasteiger partial charge in [-0.25, -0.2) is 4.79 Å². The monoisotopic (exact) mass is 439 g/mol. The first kappa shape index (κ1) is 24.0. The molecule has 1 atom stereocenters. The molecule has 1 aliphatic carbocycles. The minimum absolute atomic E-state index is 0.0863. The second kappa shape index (κ2) is 9.25. The Kier molecular flexibility index (Phi) is 7.65. The van der Waals surface area contributed by atoms with Gasteiger partial charge in [-0.2, -0.15) is 0 Å². The maximum atomic E-state index is 14.2. The van der Waals surface area contributed by atoms with Gasteiger partial charge in [-0.3, -0.25) is 9.24 Å². The lowest BCUT2D eigenvalue weighted by Crippen LogP contribution is -2.35. The van der Waals surface area contributed by atoms with Crippen molar-refractivity contribution < 1.29 is 19.0 Å². The van der Waals surface area contributed by atoms with E-state index in [1.165, 1.54) is 7.11 Å². The van der Waals surface area contributed by atoms with Crippen LogP contribution in [-0.4, -0.2) is 29.9 Å². The first-order valence-electron chi connectivity index (χ1n) is 10.2. The van der Waals surface area contributed by atoms with Crippen molar-refractivity contribution >= 4 is 30.5 Å². The second-order valence-electron chi connectivity index (χ2n) is 9.23. The second-order valence-corrected chi connectivity index (χ2v) is 12.9. The number of carboxylic acids is 1. The molecule has 1 N–H and O–H groups in total. The molecule has 0 amide bonds. The summed E-state index contributed by atoms with van der Waals surface area (Å²) >= 11 is 1.14. The predicted molar refractivity (Wildman–Crippen MR) is 121 cm³/mol. The summed E-state index contributed by atoms with van der Waals surface area (Å²) in [4.78, 5) is 12.8. The molecule has 1 aromatic heterocycles. The number of carbonyl (C=O) groups is 1. The molecule has 0 aliphatic heterocycles. The summed E-state index contributed by atoms with van der Waals surface area (Å²) in [5, 5.41) is 9.83. The zero-order valence-electron chi connectivity index (χ0n) is 18.6. The first-order chi connectivity index (χ1) is 13.4. The van der Waals surface area contributed by atoms with Crippen molar-refractivity contribution in [3.8, 4) is 11.8 Å². The topological polar surface area (TPSA) is 66.8 Å². The highest BCUT2D eigenvalue weighted by Gasteiger charge is 2.44. The van der Waals surface area contributed by atoms with Gasteiger partial charge < -0.3 is 9.63 Å². The molecule has 0 aromatic carbocycles. The number of nitrogens with zero attached hydrogens (tertiary/aromatic N) is 1. The molecule has 1 unspecified atom stereocenters. The number of hydrogen-bond donors (Lipinski definition) is 1. The van der Waals surface area contributed by atoms with E-state index in [1.807, 2.05) is 34.6 Å². The summed E-state index contributed by atoms with van der Waals surface area (Å²) in [6.07, 6.45) is 3.70. The summed E-state index contributed by atoms with van der Waals surface area (Å²) < 4.78 is 21.6. The molecule has 2 rings (SSSR count).